The highest BCUT2D eigenvalue weighted by atomic mass is 16.5. The molecule has 0 spiro atoms. The largest absolute Gasteiger partial charge is 0.484 e. The van der Waals surface area contributed by atoms with Crippen molar-refractivity contribution in [1.82, 2.24) is 0 Å². The number of hydrogen-bond donors (Lipinski definition) is 0. The lowest BCUT2D eigenvalue weighted by atomic mass is 9.79. The Labute approximate surface area is 619 Å². The third-order valence-electron chi connectivity index (χ3n) is 23.7. The Hall–Kier alpha value is -13.3. The first kappa shape index (κ1) is 61.2. The zero-order valence-electron chi connectivity index (χ0n) is 58.9. The van der Waals surface area contributed by atoms with Crippen molar-refractivity contribution < 1.29 is 18.3 Å². The standard InChI is InChI=1S/C53H36O2.C50H32O2/c1-53(2)44-20-10-7-13-34(44)35-25-23-31(29-45(35)53)33-27-28-43(51-42-19-9-12-22-47(42)55-52(33)51)50-40-17-5-3-15-38(40)49(39-16-4-6-18-41(39)50)32-24-26-37-36-14-8-11-21-46(36)54-48(37)30-32;1-2-12-31(13-3-1)32-22-24-33(25-23-32)35-28-29-43(49-42-19-9-11-21-45(42)52-50(35)49)48-40-17-6-4-15-38(40)47(39-16-5-7-18-41(39)48)34-26-27-37-36-14-8-10-20-44(36)51-46(37)30-34/h3-30,42,47H,1-2H3;1-30,42,45H. The molecule has 504 valence electrons. The van der Waals surface area contributed by atoms with Crippen molar-refractivity contribution in [2.75, 3.05) is 0 Å². The predicted molar refractivity (Wildman–Crippen MR) is 444 cm³/mol. The molecule has 4 nitrogen and oxygen atoms in total. The second-order valence-electron chi connectivity index (χ2n) is 29.7. The summed E-state index contributed by atoms with van der Waals surface area (Å²) in [6.45, 7) is 4.70. The molecule has 18 aromatic rings. The minimum Gasteiger partial charge on any atom is -0.484 e. The summed E-state index contributed by atoms with van der Waals surface area (Å²) in [5.74, 6) is 2.19. The maximum Gasteiger partial charge on any atom is 0.136 e. The Bertz CT molecular complexity index is 6820. The molecular weight excluding hydrogens is 1300 g/mol. The summed E-state index contributed by atoms with van der Waals surface area (Å²) in [5.41, 5.74) is 28.2. The van der Waals surface area contributed by atoms with Crippen LogP contribution in [0.15, 0.2) is 361 Å². The number of ether oxygens (including phenoxy) is 2. The van der Waals surface area contributed by atoms with Crippen molar-refractivity contribution in [2.24, 2.45) is 0 Å². The molecule has 16 aromatic carbocycles. The van der Waals surface area contributed by atoms with Gasteiger partial charge in [-0.2, -0.15) is 0 Å². The average Bonchev–Trinajstić information content (AvgIpc) is 1.18. The van der Waals surface area contributed by atoms with Crippen LogP contribution in [-0.2, 0) is 5.41 Å². The summed E-state index contributed by atoms with van der Waals surface area (Å²) in [4.78, 5) is 0. The molecule has 0 saturated carbocycles. The molecule has 2 aromatic heterocycles. The first-order valence-electron chi connectivity index (χ1n) is 37.3. The Morgan fingerprint density at radius 1 is 0.234 bits per heavy atom. The third kappa shape index (κ3) is 9.41. The summed E-state index contributed by atoms with van der Waals surface area (Å²) in [6.07, 6.45) is 17.5. The van der Waals surface area contributed by atoms with Gasteiger partial charge in [-0.05, 0) is 187 Å². The van der Waals surface area contributed by atoms with Gasteiger partial charge in [-0.3, -0.25) is 0 Å². The molecule has 5 aliphatic rings. The van der Waals surface area contributed by atoms with E-state index in [2.05, 4.69) is 342 Å². The highest BCUT2D eigenvalue weighted by Gasteiger charge is 2.41. The molecule has 0 saturated heterocycles. The van der Waals surface area contributed by atoms with Gasteiger partial charge in [-0.15, -0.1) is 0 Å². The number of furan rings is 2. The van der Waals surface area contributed by atoms with Crippen molar-refractivity contribution in [1.29, 1.82) is 0 Å². The van der Waals surface area contributed by atoms with Crippen LogP contribution in [0.2, 0.25) is 0 Å². The second kappa shape index (κ2) is 23.9. The summed E-state index contributed by atoms with van der Waals surface area (Å²) in [6, 6.07) is 110. The van der Waals surface area contributed by atoms with Crippen LogP contribution in [0.25, 0.3) is 176 Å². The van der Waals surface area contributed by atoms with Crippen molar-refractivity contribution >= 4 is 87.0 Å². The maximum absolute atomic E-state index is 7.03. The Balaban J connectivity index is 0.000000133. The maximum atomic E-state index is 7.03. The Morgan fingerprint density at radius 3 is 1.07 bits per heavy atom. The van der Waals surface area contributed by atoms with Crippen molar-refractivity contribution in [3.63, 3.8) is 0 Å². The normalized spacial score (nSPS) is 16.8. The minimum atomic E-state index is -0.0834. The molecule has 0 bridgehead atoms. The number of allylic oxidation sites excluding steroid dienone is 4. The van der Waals surface area contributed by atoms with Gasteiger partial charge < -0.3 is 18.3 Å². The SMILES string of the molecule is C1=CC2Oc3c(-c4ccc(-c5ccccc5)cc4)ccc(-c4c5ccccc5c(-c5ccc6c(c5)oc5ccccc56)c5ccccc45)c3C2C=C1.CC1(C)c2ccccc2-c2ccc(-c3ccc(-c4c5ccccc5c(-c5ccc6c(c5)oc5ccccc56)c5ccccc45)c4c3OC3C=CC=CC43)cc21. The molecule has 4 heterocycles. The third-order valence-corrected chi connectivity index (χ3v) is 23.7. The van der Waals surface area contributed by atoms with Gasteiger partial charge in [-0.25, -0.2) is 0 Å². The quantitative estimate of drug-likeness (QED) is 0.149. The summed E-state index contributed by atoms with van der Waals surface area (Å²) in [5, 5.41) is 14.4. The number of fused-ring (bicyclic) bond motifs is 19. The zero-order chi connectivity index (χ0) is 70.6. The van der Waals surface area contributed by atoms with Crippen LogP contribution in [-0.4, -0.2) is 12.2 Å². The van der Waals surface area contributed by atoms with Gasteiger partial charge in [-0.1, -0.05) is 311 Å². The van der Waals surface area contributed by atoms with Crippen LogP contribution < -0.4 is 9.47 Å². The van der Waals surface area contributed by atoms with Crippen LogP contribution >= 0.6 is 0 Å². The van der Waals surface area contributed by atoms with Gasteiger partial charge in [0.15, 0.2) is 0 Å². The zero-order valence-corrected chi connectivity index (χ0v) is 58.9. The number of benzene rings is 16. The Morgan fingerprint density at radius 2 is 0.579 bits per heavy atom. The van der Waals surface area contributed by atoms with Gasteiger partial charge in [0.25, 0.3) is 0 Å². The fraction of sp³-hybridized carbons (Fsp3) is 0.0680. The molecule has 0 amide bonds. The van der Waals surface area contributed by atoms with Crippen molar-refractivity contribution in [3.8, 4) is 101 Å². The molecule has 107 heavy (non-hydrogen) atoms. The number of hydrogen-bond acceptors (Lipinski definition) is 4. The van der Waals surface area contributed by atoms with Crippen LogP contribution in [0.4, 0.5) is 0 Å². The summed E-state index contributed by atoms with van der Waals surface area (Å²) in [7, 11) is 0. The van der Waals surface area contributed by atoms with E-state index in [0.717, 1.165) is 83.2 Å². The van der Waals surface area contributed by atoms with Gasteiger partial charge in [0.1, 0.15) is 46.0 Å². The lowest BCUT2D eigenvalue weighted by Crippen LogP contribution is -2.16. The monoisotopic (exact) mass is 1370 g/mol. The van der Waals surface area contributed by atoms with E-state index in [1.165, 1.54) is 127 Å². The first-order chi connectivity index (χ1) is 52.8. The van der Waals surface area contributed by atoms with Gasteiger partial charge in [0, 0.05) is 61.0 Å². The van der Waals surface area contributed by atoms with Crippen molar-refractivity contribution in [3.05, 3.63) is 374 Å². The van der Waals surface area contributed by atoms with E-state index >= 15 is 0 Å². The van der Waals surface area contributed by atoms with E-state index in [0.29, 0.717) is 0 Å². The lowest BCUT2D eigenvalue weighted by molar-refractivity contribution is 0.269. The molecule has 23 rings (SSSR count). The second-order valence-corrected chi connectivity index (χ2v) is 29.7. The highest BCUT2D eigenvalue weighted by molar-refractivity contribution is 6.24. The molecule has 4 atom stereocenters. The van der Waals surface area contributed by atoms with Gasteiger partial charge in [0.2, 0.25) is 0 Å². The molecule has 3 aliphatic carbocycles. The lowest BCUT2D eigenvalue weighted by Gasteiger charge is -2.23. The van der Waals surface area contributed by atoms with Crippen molar-refractivity contribution in [2.45, 2.75) is 43.3 Å². The van der Waals surface area contributed by atoms with Gasteiger partial charge >= 0.3 is 0 Å². The minimum absolute atomic E-state index is 0.0455. The molecule has 4 unspecified atom stereocenters. The molecule has 4 heteroatoms. The first-order valence-corrected chi connectivity index (χ1v) is 37.3. The smallest absolute Gasteiger partial charge is 0.136 e. The number of rotatable bonds is 7. The van der Waals surface area contributed by atoms with Crippen LogP contribution in [0, 0.1) is 0 Å². The van der Waals surface area contributed by atoms with E-state index in [-0.39, 0.29) is 29.5 Å². The molecular formula is C103H68O4. The molecule has 0 radical (unpaired) electrons. The fourth-order valence-electron chi connectivity index (χ4n) is 18.8. The van der Waals surface area contributed by atoms with E-state index in [1.54, 1.807) is 0 Å². The van der Waals surface area contributed by atoms with E-state index < -0.39 is 0 Å². The van der Waals surface area contributed by atoms with E-state index in [4.69, 9.17) is 18.3 Å². The molecule has 0 N–H and O–H groups in total. The fourth-order valence-corrected chi connectivity index (χ4v) is 18.8. The van der Waals surface area contributed by atoms with Gasteiger partial charge in [0.05, 0.1) is 0 Å². The van der Waals surface area contributed by atoms with Crippen LogP contribution in [0.1, 0.15) is 47.9 Å². The average molecular weight is 1370 g/mol. The van der Waals surface area contributed by atoms with Crippen LogP contribution in [0.5, 0.6) is 11.5 Å². The topological polar surface area (TPSA) is 44.7 Å². The highest BCUT2D eigenvalue weighted by Crippen LogP contribution is 2.58. The number of para-hydroxylation sites is 2. The Kier molecular flexibility index (Phi) is 13.7. The summed E-state index contributed by atoms with van der Waals surface area (Å²) >= 11 is 0. The van der Waals surface area contributed by atoms with E-state index in [9.17, 15) is 0 Å². The van der Waals surface area contributed by atoms with E-state index in [1.807, 2.05) is 24.3 Å². The van der Waals surface area contributed by atoms with Crippen LogP contribution in [0.3, 0.4) is 0 Å². The molecule has 0 fully saturated rings. The predicted octanol–water partition coefficient (Wildman–Crippen LogP) is 27.7. The summed E-state index contributed by atoms with van der Waals surface area (Å²) < 4.78 is 26.7. The molecule has 2 aliphatic heterocycles.